The van der Waals surface area contributed by atoms with E-state index in [9.17, 15) is 9.59 Å². The molecule has 0 saturated carbocycles. The number of aromatic nitrogens is 1. The Morgan fingerprint density at radius 1 is 1.50 bits per heavy atom. The van der Waals surface area contributed by atoms with Crippen LogP contribution in [0.5, 0.6) is 0 Å². The minimum atomic E-state index is -0.369. The molecule has 1 unspecified atom stereocenters. The number of amides is 1. The summed E-state index contributed by atoms with van der Waals surface area (Å²) in [7, 11) is 1.35. The molecule has 20 heavy (non-hydrogen) atoms. The summed E-state index contributed by atoms with van der Waals surface area (Å²) < 4.78 is 5.76. The van der Waals surface area contributed by atoms with Crippen molar-refractivity contribution >= 4 is 39.1 Å². The normalized spacial score (nSPS) is 18.8. The molecule has 1 fully saturated rings. The number of ether oxygens (including phenoxy) is 1. The summed E-state index contributed by atoms with van der Waals surface area (Å²) in [6, 6.07) is 5.74. The van der Waals surface area contributed by atoms with Crippen LogP contribution in [0.2, 0.25) is 0 Å². The average molecular weight is 290 g/mol. The van der Waals surface area contributed by atoms with Crippen LogP contribution in [0.1, 0.15) is 11.4 Å². The van der Waals surface area contributed by atoms with E-state index >= 15 is 0 Å². The van der Waals surface area contributed by atoms with Gasteiger partial charge in [-0.1, -0.05) is 0 Å². The number of nitrogens with zero attached hydrogens (tertiary/aromatic N) is 2. The lowest BCUT2D eigenvalue weighted by Crippen LogP contribution is -2.26. The highest BCUT2D eigenvalue weighted by Gasteiger charge is 2.35. The van der Waals surface area contributed by atoms with E-state index in [1.54, 1.807) is 16.2 Å². The number of aryl methyl sites for hydroxylation is 1. The van der Waals surface area contributed by atoms with Crippen molar-refractivity contribution in [1.29, 1.82) is 0 Å². The van der Waals surface area contributed by atoms with Crippen molar-refractivity contribution in [2.45, 2.75) is 13.3 Å². The molecule has 1 atom stereocenters. The van der Waals surface area contributed by atoms with Crippen molar-refractivity contribution in [2.24, 2.45) is 5.92 Å². The molecule has 1 aromatic heterocycles. The molecule has 2 heterocycles. The Morgan fingerprint density at radius 2 is 2.30 bits per heavy atom. The Morgan fingerprint density at radius 3 is 3.05 bits per heavy atom. The van der Waals surface area contributed by atoms with Gasteiger partial charge in [0.25, 0.3) is 0 Å². The highest BCUT2D eigenvalue weighted by atomic mass is 32.1. The molecule has 1 aromatic carbocycles. The van der Waals surface area contributed by atoms with Gasteiger partial charge in [-0.3, -0.25) is 9.59 Å². The van der Waals surface area contributed by atoms with E-state index in [1.807, 2.05) is 25.1 Å². The second-order valence-electron chi connectivity index (χ2n) is 4.81. The quantitative estimate of drug-likeness (QED) is 0.795. The van der Waals surface area contributed by atoms with E-state index in [0.717, 1.165) is 20.9 Å². The number of carbonyl (C=O) groups excluding carboxylic acids is 2. The molecule has 1 aliphatic rings. The first-order valence-electron chi connectivity index (χ1n) is 6.34. The second-order valence-corrected chi connectivity index (χ2v) is 6.05. The van der Waals surface area contributed by atoms with Gasteiger partial charge in [-0.2, -0.15) is 0 Å². The minimum absolute atomic E-state index is 0.0408. The Balaban J connectivity index is 1.90. The summed E-state index contributed by atoms with van der Waals surface area (Å²) in [5.41, 5.74) is 1.75. The molecule has 0 radical (unpaired) electrons. The van der Waals surface area contributed by atoms with Crippen LogP contribution in [0.4, 0.5) is 5.69 Å². The van der Waals surface area contributed by atoms with Crippen molar-refractivity contribution < 1.29 is 14.3 Å². The lowest BCUT2D eigenvalue weighted by atomic mass is 10.1. The van der Waals surface area contributed by atoms with E-state index in [0.29, 0.717) is 6.54 Å². The average Bonchev–Trinajstić information content (AvgIpc) is 2.98. The van der Waals surface area contributed by atoms with E-state index in [1.165, 1.54) is 7.11 Å². The highest BCUT2D eigenvalue weighted by molar-refractivity contribution is 7.18. The van der Waals surface area contributed by atoms with Crippen LogP contribution in [0.25, 0.3) is 10.2 Å². The topological polar surface area (TPSA) is 59.5 Å². The maximum atomic E-state index is 12.1. The van der Waals surface area contributed by atoms with Crippen LogP contribution < -0.4 is 4.90 Å². The second kappa shape index (κ2) is 4.86. The zero-order valence-electron chi connectivity index (χ0n) is 11.3. The highest BCUT2D eigenvalue weighted by Crippen LogP contribution is 2.30. The van der Waals surface area contributed by atoms with Gasteiger partial charge in [-0.25, -0.2) is 4.98 Å². The van der Waals surface area contributed by atoms with Crippen LogP contribution in [-0.4, -0.2) is 30.5 Å². The molecule has 0 bridgehead atoms. The van der Waals surface area contributed by atoms with Gasteiger partial charge in [-0.05, 0) is 25.1 Å². The summed E-state index contributed by atoms with van der Waals surface area (Å²) in [6.07, 6.45) is 0.215. The molecular formula is C14H14N2O3S. The number of methoxy groups -OCH3 is 1. The van der Waals surface area contributed by atoms with Gasteiger partial charge in [0.05, 0.1) is 28.3 Å². The zero-order valence-corrected chi connectivity index (χ0v) is 12.1. The first-order chi connectivity index (χ1) is 9.58. The van der Waals surface area contributed by atoms with Crippen molar-refractivity contribution in [3.05, 3.63) is 23.2 Å². The van der Waals surface area contributed by atoms with Crippen molar-refractivity contribution in [1.82, 2.24) is 4.98 Å². The molecule has 0 aliphatic carbocycles. The van der Waals surface area contributed by atoms with Gasteiger partial charge in [0.15, 0.2) is 0 Å². The molecule has 1 saturated heterocycles. The summed E-state index contributed by atoms with van der Waals surface area (Å²) in [5, 5.41) is 0.998. The Labute approximate surface area is 120 Å². The number of anilines is 1. The molecule has 0 N–H and O–H groups in total. The fourth-order valence-electron chi connectivity index (χ4n) is 2.48. The van der Waals surface area contributed by atoms with E-state index in [2.05, 4.69) is 4.98 Å². The standard InChI is InChI=1S/C14H14N2O3S/c1-8-15-11-4-3-10(6-12(11)20-8)16-7-9(5-13(16)17)14(18)19-2/h3-4,6,9H,5,7H2,1-2H3. The monoisotopic (exact) mass is 290 g/mol. The smallest absolute Gasteiger partial charge is 0.311 e. The molecular weight excluding hydrogens is 276 g/mol. The van der Waals surface area contributed by atoms with Gasteiger partial charge >= 0.3 is 5.97 Å². The summed E-state index contributed by atoms with van der Waals surface area (Å²) in [6.45, 7) is 2.34. The van der Waals surface area contributed by atoms with Crippen molar-refractivity contribution in [2.75, 3.05) is 18.6 Å². The summed E-state index contributed by atoms with van der Waals surface area (Å²) in [4.78, 5) is 29.6. The first-order valence-corrected chi connectivity index (χ1v) is 7.15. The molecule has 2 aromatic rings. The van der Waals surface area contributed by atoms with Gasteiger partial charge in [0.2, 0.25) is 5.91 Å². The third-order valence-electron chi connectivity index (χ3n) is 3.45. The van der Waals surface area contributed by atoms with Crippen LogP contribution in [-0.2, 0) is 14.3 Å². The van der Waals surface area contributed by atoms with Gasteiger partial charge < -0.3 is 9.64 Å². The fraction of sp³-hybridized carbons (Fsp3) is 0.357. The fourth-order valence-corrected chi connectivity index (χ4v) is 3.34. The van der Waals surface area contributed by atoms with Crippen LogP contribution in [0.3, 0.4) is 0 Å². The van der Waals surface area contributed by atoms with Crippen LogP contribution in [0, 0.1) is 12.8 Å². The number of benzene rings is 1. The van der Waals surface area contributed by atoms with E-state index < -0.39 is 0 Å². The molecule has 3 rings (SSSR count). The molecule has 5 nitrogen and oxygen atoms in total. The number of hydrogen-bond acceptors (Lipinski definition) is 5. The minimum Gasteiger partial charge on any atom is -0.469 e. The predicted molar refractivity (Wildman–Crippen MR) is 76.8 cm³/mol. The van der Waals surface area contributed by atoms with Crippen molar-refractivity contribution in [3.63, 3.8) is 0 Å². The summed E-state index contributed by atoms with van der Waals surface area (Å²) >= 11 is 1.60. The maximum Gasteiger partial charge on any atom is 0.311 e. The third-order valence-corrected chi connectivity index (χ3v) is 4.38. The number of thiazole rings is 1. The number of esters is 1. The largest absolute Gasteiger partial charge is 0.469 e. The van der Waals surface area contributed by atoms with Gasteiger partial charge in [0, 0.05) is 18.7 Å². The molecule has 1 amide bonds. The lowest BCUT2D eigenvalue weighted by Gasteiger charge is -2.16. The van der Waals surface area contributed by atoms with Crippen LogP contribution in [0.15, 0.2) is 18.2 Å². The number of carbonyl (C=O) groups is 2. The molecule has 104 valence electrons. The number of hydrogen-bond donors (Lipinski definition) is 0. The summed E-state index contributed by atoms with van der Waals surface area (Å²) in [5.74, 6) is -0.733. The Kier molecular flexibility index (Phi) is 3.17. The van der Waals surface area contributed by atoms with E-state index in [-0.39, 0.29) is 24.2 Å². The first kappa shape index (κ1) is 13.1. The number of rotatable bonds is 2. The molecule has 0 spiro atoms. The maximum absolute atomic E-state index is 12.1. The van der Waals surface area contributed by atoms with Crippen LogP contribution >= 0.6 is 11.3 Å². The molecule has 1 aliphatic heterocycles. The number of fused-ring (bicyclic) bond motifs is 1. The third kappa shape index (κ3) is 2.16. The Hall–Kier alpha value is -1.95. The van der Waals surface area contributed by atoms with Gasteiger partial charge in [-0.15, -0.1) is 11.3 Å². The molecule has 6 heteroatoms. The van der Waals surface area contributed by atoms with Crippen molar-refractivity contribution in [3.8, 4) is 0 Å². The predicted octanol–water partition coefficient (Wildman–Crippen LogP) is 2.13. The van der Waals surface area contributed by atoms with E-state index in [4.69, 9.17) is 4.74 Å². The lowest BCUT2D eigenvalue weighted by molar-refractivity contribution is -0.145. The Bertz CT molecular complexity index is 695. The van der Waals surface area contributed by atoms with Gasteiger partial charge in [0.1, 0.15) is 0 Å². The SMILES string of the molecule is COC(=O)C1CC(=O)N(c2ccc3nc(C)sc3c2)C1. The zero-order chi connectivity index (χ0) is 14.3.